The van der Waals surface area contributed by atoms with Crippen molar-refractivity contribution in [3.05, 3.63) is 17.5 Å². The van der Waals surface area contributed by atoms with Gasteiger partial charge in [-0.25, -0.2) is 8.42 Å². The largest absolute Gasteiger partial charge is 0.381 e. The van der Waals surface area contributed by atoms with Crippen molar-refractivity contribution >= 4 is 27.3 Å². The van der Waals surface area contributed by atoms with Gasteiger partial charge in [0.2, 0.25) is 5.91 Å². The van der Waals surface area contributed by atoms with Crippen LogP contribution in [0.15, 0.2) is 21.7 Å². The molecule has 1 aromatic rings. The SMILES string of the molecule is O=C(C1CN(S(=O)(=O)c2cccs2)CC12CCOCC2)N1CCCCC1. The highest BCUT2D eigenvalue weighted by molar-refractivity contribution is 7.91. The van der Waals surface area contributed by atoms with Crippen LogP contribution in [0, 0.1) is 11.3 Å². The Kier molecular flexibility index (Phi) is 5.11. The van der Waals surface area contributed by atoms with E-state index >= 15 is 0 Å². The minimum Gasteiger partial charge on any atom is -0.381 e. The molecule has 0 N–H and O–H groups in total. The summed E-state index contributed by atoms with van der Waals surface area (Å²) in [5.74, 6) is -0.102. The molecule has 3 aliphatic rings. The maximum absolute atomic E-state index is 13.3. The van der Waals surface area contributed by atoms with Crippen LogP contribution in [0.2, 0.25) is 0 Å². The third-order valence-corrected chi connectivity index (χ3v) is 9.35. The highest BCUT2D eigenvalue weighted by Gasteiger charge is 2.54. The molecule has 3 aliphatic heterocycles. The summed E-state index contributed by atoms with van der Waals surface area (Å²) < 4.78 is 33.5. The van der Waals surface area contributed by atoms with Gasteiger partial charge in [0.15, 0.2) is 0 Å². The second-order valence-corrected chi connectivity index (χ2v) is 10.8. The number of ether oxygens (including phenoxy) is 1. The Morgan fingerprint density at radius 1 is 1.19 bits per heavy atom. The lowest BCUT2D eigenvalue weighted by Gasteiger charge is -2.40. The van der Waals surface area contributed by atoms with Gasteiger partial charge in [0.05, 0.1) is 5.92 Å². The Morgan fingerprint density at radius 3 is 2.58 bits per heavy atom. The Labute approximate surface area is 159 Å². The first kappa shape index (κ1) is 18.4. The lowest BCUT2D eigenvalue weighted by molar-refractivity contribution is -0.141. The maximum atomic E-state index is 13.3. The molecule has 4 heterocycles. The molecule has 1 aromatic heterocycles. The number of hydrogen-bond acceptors (Lipinski definition) is 5. The molecule has 1 spiro atoms. The van der Waals surface area contributed by atoms with Crippen LogP contribution in [0.4, 0.5) is 0 Å². The maximum Gasteiger partial charge on any atom is 0.252 e. The zero-order chi connectivity index (χ0) is 18.2. The third kappa shape index (κ3) is 3.21. The van der Waals surface area contributed by atoms with Crippen molar-refractivity contribution in [2.45, 2.75) is 36.3 Å². The summed E-state index contributed by atoms with van der Waals surface area (Å²) in [5, 5.41) is 1.78. The van der Waals surface area contributed by atoms with Crippen molar-refractivity contribution in [3.8, 4) is 0 Å². The highest BCUT2D eigenvalue weighted by Crippen LogP contribution is 2.47. The molecule has 0 bridgehead atoms. The van der Waals surface area contributed by atoms with Crippen LogP contribution in [0.25, 0.3) is 0 Å². The van der Waals surface area contributed by atoms with E-state index in [1.54, 1.807) is 21.8 Å². The molecule has 0 aliphatic carbocycles. The van der Waals surface area contributed by atoms with E-state index in [1.807, 2.05) is 4.90 Å². The number of likely N-dealkylation sites (tertiary alicyclic amines) is 1. The molecule has 6 nitrogen and oxygen atoms in total. The minimum absolute atomic E-state index is 0.149. The first-order valence-electron chi connectivity index (χ1n) is 9.43. The summed E-state index contributed by atoms with van der Waals surface area (Å²) >= 11 is 1.24. The van der Waals surface area contributed by atoms with Crippen LogP contribution >= 0.6 is 11.3 Å². The molecule has 144 valence electrons. The Balaban J connectivity index is 1.62. The van der Waals surface area contributed by atoms with E-state index in [4.69, 9.17) is 4.74 Å². The van der Waals surface area contributed by atoms with E-state index in [2.05, 4.69) is 0 Å². The molecule has 0 saturated carbocycles. The van der Waals surface area contributed by atoms with Gasteiger partial charge in [-0.1, -0.05) is 6.07 Å². The summed E-state index contributed by atoms with van der Waals surface area (Å²) in [6, 6.07) is 3.41. The van der Waals surface area contributed by atoms with E-state index in [1.165, 1.54) is 17.8 Å². The molecular weight excluding hydrogens is 372 g/mol. The number of carbonyl (C=O) groups is 1. The zero-order valence-corrected chi connectivity index (χ0v) is 16.6. The Bertz CT molecular complexity index is 735. The summed E-state index contributed by atoms with van der Waals surface area (Å²) in [6.45, 7) is 3.56. The lowest BCUT2D eigenvalue weighted by Crippen LogP contribution is -2.47. The van der Waals surface area contributed by atoms with Gasteiger partial charge >= 0.3 is 0 Å². The van der Waals surface area contributed by atoms with Crippen LogP contribution < -0.4 is 0 Å². The lowest BCUT2D eigenvalue weighted by atomic mass is 9.71. The Morgan fingerprint density at radius 2 is 1.92 bits per heavy atom. The average molecular weight is 399 g/mol. The number of hydrogen-bond donors (Lipinski definition) is 0. The molecule has 0 aromatic carbocycles. The first-order chi connectivity index (χ1) is 12.5. The Hall–Kier alpha value is -0.960. The number of piperidine rings is 1. The van der Waals surface area contributed by atoms with Crippen LogP contribution in [0.1, 0.15) is 32.1 Å². The van der Waals surface area contributed by atoms with Gasteiger partial charge in [-0.2, -0.15) is 4.31 Å². The van der Waals surface area contributed by atoms with E-state index in [0.29, 0.717) is 30.5 Å². The highest BCUT2D eigenvalue weighted by atomic mass is 32.2. The van der Waals surface area contributed by atoms with Gasteiger partial charge < -0.3 is 9.64 Å². The molecule has 1 unspecified atom stereocenters. The molecule has 8 heteroatoms. The van der Waals surface area contributed by atoms with Gasteiger partial charge in [-0.3, -0.25) is 4.79 Å². The fourth-order valence-corrected chi connectivity index (χ4v) is 7.30. The second-order valence-electron chi connectivity index (χ2n) is 7.64. The summed E-state index contributed by atoms with van der Waals surface area (Å²) in [6.07, 6.45) is 4.78. The number of rotatable bonds is 3. The standard InChI is InChI=1S/C18H26N2O4S2/c21-17(19-8-2-1-3-9-19)15-13-20(14-18(15)6-10-24-11-7-18)26(22,23)16-5-4-12-25-16/h4-5,12,15H,1-3,6-11,13-14H2. The molecule has 0 radical (unpaired) electrons. The van der Waals surface area contributed by atoms with Gasteiger partial charge in [-0.15, -0.1) is 11.3 Å². The van der Waals surface area contributed by atoms with Crippen LogP contribution in [0.3, 0.4) is 0 Å². The van der Waals surface area contributed by atoms with Crippen molar-refractivity contribution < 1.29 is 17.9 Å². The fraction of sp³-hybridized carbons (Fsp3) is 0.722. The fourth-order valence-electron chi connectivity index (χ4n) is 4.60. The predicted octanol–water partition coefficient (Wildman–Crippen LogP) is 2.18. The monoisotopic (exact) mass is 398 g/mol. The van der Waals surface area contributed by atoms with Crippen LogP contribution in [-0.4, -0.2) is 62.9 Å². The average Bonchev–Trinajstić information content (AvgIpc) is 3.32. The van der Waals surface area contributed by atoms with E-state index < -0.39 is 10.0 Å². The van der Waals surface area contributed by atoms with Crippen LogP contribution in [-0.2, 0) is 19.6 Å². The topological polar surface area (TPSA) is 66.9 Å². The van der Waals surface area contributed by atoms with Crippen molar-refractivity contribution in [3.63, 3.8) is 0 Å². The molecule has 1 amide bonds. The first-order valence-corrected chi connectivity index (χ1v) is 11.8. The molecule has 1 atom stereocenters. The quantitative estimate of drug-likeness (QED) is 0.783. The summed E-state index contributed by atoms with van der Waals surface area (Å²) in [7, 11) is -3.53. The van der Waals surface area contributed by atoms with E-state index in [0.717, 1.165) is 38.8 Å². The number of nitrogens with zero attached hydrogens (tertiary/aromatic N) is 2. The molecule has 4 rings (SSSR count). The number of amides is 1. The number of carbonyl (C=O) groups excluding carboxylic acids is 1. The molecule has 3 saturated heterocycles. The van der Waals surface area contributed by atoms with Gasteiger partial charge in [0.25, 0.3) is 10.0 Å². The van der Waals surface area contributed by atoms with Gasteiger partial charge in [0, 0.05) is 44.8 Å². The third-order valence-electron chi connectivity index (χ3n) is 6.16. The summed E-state index contributed by atoms with van der Waals surface area (Å²) in [5.41, 5.74) is -0.281. The second kappa shape index (κ2) is 7.22. The smallest absolute Gasteiger partial charge is 0.252 e. The van der Waals surface area contributed by atoms with Crippen molar-refractivity contribution in [1.82, 2.24) is 9.21 Å². The summed E-state index contributed by atoms with van der Waals surface area (Å²) in [4.78, 5) is 15.3. The van der Waals surface area contributed by atoms with Crippen LogP contribution in [0.5, 0.6) is 0 Å². The minimum atomic E-state index is -3.53. The molecule has 3 fully saturated rings. The normalized spacial score (nSPS) is 27.1. The van der Waals surface area contributed by atoms with E-state index in [-0.39, 0.29) is 17.2 Å². The zero-order valence-electron chi connectivity index (χ0n) is 14.9. The predicted molar refractivity (Wildman–Crippen MR) is 99.5 cm³/mol. The number of thiophene rings is 1. The van der Waals surface area contributed by atoms with Gasteiger partial charge in [-0.05, 0) is 43.6 Å². The van der Waals surface area contributed by atoms with E-state index in [9.17, 15) is 13.2 Å². The number of sulfonamides is 1. The molecule has 26 heavy (non-hydrogen) atoms. The van der Waals surface area contributed by atoms with Crippen molar-refractivity contribution in [1.29, 1.82) is 0 Å². The van der Waals surface area contributed by atoms with Crippen molar-refractivity contribution in [2.24, 2.45) is 11.3 Å². The molecular formula is C18H26N2O4S2. The van der Waals surface area contributed by atoms with Crippen molar-refractivity contribution in [2.75, 3.05) is 39.4 Å². The van der Waals surface area contributed by atoms with Gasteiger partial charge in [0.1, 0.15) is 4.21 Å².